The molecule has 2 amide bonds. The lowest BCUT2D eigenvalue weighted by atomic mass is 10.1. The van der Waals surface area contributed by atoms with E-state index in [-0.39, 0.29) is 41.9 Å². The molecule has 0 heterocycles. The molecule has 0 aliphatic rings. The molecule has 0 aliphatic heterocycles. The van der Waals surface area contributed by atoms with E-state index in [4.69, 9.17) is 0 Å². The molecule has 0 aliphatic carbocycles. The van der Waals surface area contributed by atoms with Crippen LogP contribution >= 0.6 is 0 Å². The van der Waals surface area contributed by atoms with Crippen LogP contribution in [0.15, 0.2) is 65.6 Å². The normalized spacial score (nSPS) is 12.9. The van der Waals surface area contributed by atoms with Crippen molar-refractivity contribution in [3.8, 4) is 0 Å². The molecule has 0 saturated heterocycles. The lowest BCUT2D eigenvalue weighted by Crippen LogP contribution is -2.43. The summed E-state index contributed by atoms with van der Waals surface area (Å²) in [6, 6.07) is 15.9. The average Bonchev–Trinajstić information content (AvgIpc) is 2.81. The third-order valence-electron chi connectivity index (χ3n) is 4.85. The van der Waals surface area contributed by atoms with E-state index in [1.54, 1.807) is 18.2 Å². The molecule has 8 nitrogen and oxygen atoms in total. The highest BCUT2D eigenvalue weighted by Gasteiger charge is 2.25. The van der Waals surface area contributed by atoms with Gasteiger partial charge < -0.3 is 15.4 Å². The number of rotatable bonds is 11. The zero-order chi connectivity index (χ0) is 23.6. The van der Waals surface area contributed by atoms with Gasteiger partial charge in [-0.2, -0.15) is 0 Å². The third kappa shape index (κ3) is 7.81. The maximum absolute atomic E-state index is 12.5. The molecule has 2 aromatic carbocycles. The minimum Gasteiger partial charge on any atom is -0.467 e. The second-order valence-electron chi connectivity index (χ2n) is 7.26. The number of methoxy groups -OCH3 is 1. The first kappa shape index (κ1) is 25.1. The molecule has 0 aromatic heterocycles. The number of esters is 1. The van der Waals surface area contributed by atoms with E-state index in [1.165, 1.54) is 12.1 Å². The molecule has 2 aromatic rings. The highest BCUT2D eigenvalue weighted by Crippen LogP contribution is 2.13. The number of ether oxygens (including phenoxy) is 1. The van der Waals surface area contributed by atoms with Crippen molar-refractivity contribution >= 4 is 27.6 Å². The van der Waals surface area contributed by atoms with Crippen molar-refractivity contribution in [3.63, 3.8) is 0 Å². The number of sulfone groups is 1. The predicted octanol–water partition coefficient (Wildman–Crippen LogP) is 2.17. The molecule has 0 bridgehead atoms. The van der Waals surface area contributed by atoms with E-state index < -0.39 is 27.8 Å². The first-order chi connectivity index (χ1) is 15.2. The van der Waals surface area contributed by atoms with Gasteiger partial charge in [0.25, 0.3) is 0 Å². The van der Waals surface area contributed by atoms with Crippen LogP contribution in [0.3, 0.4) is 0 Å². The van der Waals surface area contributed by atoms with E-state index in [2.05, 4.69) is 15.4 Å². The van der Waals surface area contributed by atoms with Crippen LogP contribution in [-0.2, 0) is 29.0 Å². The maximum Gasteiger partial charge on any atom is 0.328 e. The van der Waals surface area contributed by atoms with Crippen molar-refractivity contribution in [1.82, 2.24) is 10.6 Å². The van der Waals surface area contributed by atoms with Gasteiger partial charge in [-0.3, -0.25) is 9.59 Å². The van der Waals surface area contributed by atoms with Gasteiger partial charge in [0.2, 0.25) is 11.8 Å². The standard InChI is InChI=1S/C23H28N2O6S/c1-17(18-9-5-3-6-10-18)24-21(26)13-14-22(27)25-20(23(28)31-2)15-16-32(29,30)19-11-7-4-8-12-19/h3-12,17,20H,13-16H2,1-2H3,(H,24,26)(H,25,27)/t17-,20-/m1/s1. The van der Waals surface area contributed by atoms with Crippen LogP contribution in [0.4, 0.5) is 0 Å². The van der Waals surface area contributed by atoms with Gasteiger partial charge in [-0.25, -0.2) is 13.2 Å². The van der Waals surface area contributed by atoms with Crippen LogP contribution in [-0.4, -0.2) is 45.1 Å². The first-order valence-corrected chi connectivity index (χ1v) is 11.9. The van der Waals surface area contributed by atoms with E-state index in [9.17, 15) is 22.8 Å². The fraction of sp³-hybridized carbons (Fsp3) is 0.348. The largest absolute Gasteiger partial charge is 0.467 e. The van der Waals surface area contributed by atoms with Gasteiger partial charge in [0, 0.05) is 12.8 Å². The Morgan fingerprint density at radius 1 is 0.875 bits per heavy atom. The minimum absolute atomic E-state index is 0.0702. The topological polar surface area (TPSA) is 119 Å². The van der Waals surface area contributed by atoms with Crippen LogP contribution < -0.4 is 10.6 Å². The van der Waals surface area contributed by atoms with E-state index in [0.29, 0.717) is 0 Å². The molecule has 2 N–H and O–H groups in total. The van der Waals surface area contributed by atoms with Crippen LogP contribution in [0, 0.1) is 0 Å². The number of hydrogen-bond acceptors (Lipinski definition) is 6. The highest BCUT2D eigenvalue weighted by atomic mass is 32.2. The van der Waals surface area contributed by atoms with Crippen molar-refractivity contribution < 1.29 is 27.5 Å². The van der Waals surface area contributed by atoms with Crippen LogP contribution in [0.5, 0.6) is 0 Å². The Balaban J connectivity index is 1.87. The SMILES string of the molecule is COC(=O)[C@@H](CCS(=O)(=O)c1ccccc1)NC(=O)CCC(=O)N[C@H](C)c1ccccc1. The van der Waals surface area contributed by atoms with Crippen molar-refractivity contribution in [2.24, 2.45) is 0 Å². The van der Waals surface area contributed by atoms with Crippen molar-refractivity contribution in [3.05, 3.63) is 66.2 Å². The smallest absolute Gasteiger partial charge is 0.328 e. The summed E-state index contributed by atoms with van der Waals surface area (Å²) in [4.78, 5) is 36.6. The lowest BCUT2D eigenvalue weighted by Gasteiger charge is -2.17. The summed E-state index contributed by atoms with van der Waals surface area (Å²) < 4.78 is 29.6. The molecule has 172 valence electrons. The molecule has 0 saturated carbocycles. The van der Waals surface area contributed by atoms with Crippen LogP contribution in [0.2, 0.25) is 0 Å². The molecule has 9 heteroatoms. The Morgan fingerprint density at radius 3 is 1.97 bits per heavy atom. The van der Waals surface area contributed by atoms with Gasteiger partial charge in [-0.05, 0) is 31.0 Å². The zero-order valence-corrected chi connectivity index (χ0v) is 18.9. The average molecular weight is 461 g/mol. The molecule has 32 heavy (non-hydrogen) atoms. The minimum atomic E-state index is -3.62. The zero-order valence-electron chi connectivity index (χ0n) is 18.1. The fourth-order valence-corrected chi connectivity index (χ4v) is 4.40. The second kappa shape index (κ2) is 12.0. The predicted molar refractivity (Wildman–Crippen MR) is 119 cm³/mol. The highest BCUT2D eigenvalue weighted by molar-refractivity contribution is 7.91. The van der Waals surface area contributed by atoms with Crippen LogP contribution in [0.25, 0.3) is 0 Å². The Morgan fingerprint density at radius 2 is 1.41 bits per heavy atom. The number of carbonyl (C=O) groups is 3. The molecule has 0 spiro atoms. The van der Waals surface area contributed by atoms with E-state index in [0.717, 1.165) is 12.7 Å². The number of hydrogen-bond donors (Lipinski definition) is 2. The van der Waals surface area contributed by atoms with E-state index >= 15 is 0 Å². The molecular weight excluding hydrogens is 432 g/mol. The summed E-state index contributed by atoms with van der Waals surface area (Å²) in [5.41, 5.74) is 0.940. The summed E-state index contributed by atoms with van der Waals surface area (Å²) in [6.07, 6.45) is -0.363. The van der Waals surface area contributed by atoms with E-state index in [1.807, 2.05) is 37.3 Å². The van der Waals surface area contributed by atoms with Gasteiger partial charge in [0.15, 0.2) is 9.84 Å². The van der Waals surface area contributed by atoms with Gasteiger partial charge in [0.05, 0.1) is 23.8 Å². The summed E-state index contributed by atoms with van der Waals surface area (Å²) in [6.45, 7) is 1.84. The molecule has 2 rings (SSSR count). The summed E-state index contributed by atoms with van der Waals surface area (Å²) in [7, 11) is -2.46. The Bertz CT molecular complexity index is 1010. The Labute approximate surface area is 188 Å². The Kier molecular flexibility index (Phi) is 9.39. The molecule has 0 unspecified atom stereocenters. The lowest BCUT2D eigenvalue weighted by molar-refractivity contribution is -0.145. The number of amides is 2. The summed E-state index contributed by atoms with van der Waals surface area (Å²) in [5.74, 6) is -1.94. The van der Waals surface area contributed by atoms with Gasteiger partial charge >= 0.3 is 5.97 Å². The van der Waals surface area contributed by atoms with Crippen molar-refractivity contribution in [2.75, 3.05) is 12.9 Å². The maximum atomic E-state index is 12.5. The third-order valence-corrected chi connectivity index (χ3v) is 6.62. The Hall–Kier alpha value is -3.20. The molecular formula is C23H28N2O6S. The molecule has 2 atom stereocenters. The number of carbonyl (C=O) groups excluding carboxylic acids is 3. The summed E-state index contributed by atoms with van der Waals surface area (Å²) in [5, 5.41) is 5.29. The monoisotopic (exact) mass is 460 g/mol. The van der Waals surface area contributed by atoms with Crippen LogP contribution in [0.1, 0.15) is 37.8 Å². The number of benzene rings is 2. The van der Waals surface area contributed by atoms with Gasteiger partial charge in [-0.1, -0.05) is 48.5 Å². The van der Waals surface area contributed by atoms with Crippen molar-refractivity contribution in [1.29, 1.82) is 0 Å². The van der Waals surface area contributed by atoms with Gasteiger partial charge in [-0.15, -0.1) is 0 Å². The first-order valence-electron chi connectivity index (χ1n) is 10.2. The fourth-order valence-electron chi connectivity index (χ4n) is 3.04. The van der Waals surface area contributed by atoms with Gasteiger partial charge in [0.1, 0.15) is 6.04 Å². The number of nitrogens with one attached hydrogen (secondary N) is 2. The molecule has 0 fully saturated rings. The summed E-state index contributed by atoms with van der Waals surface area (Å²) >= 11 is 0. The quantitative estimate of drug-likeness (QED) is 0.496. The second-order valence-corrected chi connectivity index (χ2v) is 9.37. The van der Waals surface area contributed by atoms with Crippen molar-refractivity contribution in [2.45, 2.75) is 43.2 Å². The molecule has 0 radical (unpaired) electrons.